The molecular weight excluding hydrogens is 257 g/mol. The summed E-state index contributed by atoms with van der Waals surface area (Å²) < 4.78 is 14.0. The van der Waals surface area contributed by atoms with Crippen molar-refractivity contribution in [1.82, 2.24) is 0 Å². The molecule has 0 bridgehead atoms. The number of phosphoric acid groups is 1. The van der Waals surface area contributed by atoms with Gasteiger partial charge in [0, 0.05) is 0 Å². The Morgan fingerprint density at radius 3 is 2.50 bits per heavy atom. The van der Waals surface area contributed by atoms with Gasteiger partial charge >= 0.3 is 51.5 Å². The summed E-state index contributed by atoms with van der Waals surface area (Å²) in [5, 5.41) is 0. The van der Waals surface area contributed by atoms with E-state index in [0.717, 1.165) is 0 Å². The molecule has 0 unspecified atom stereocenters. The number of nitrogens with two attached hydrogens (primary N) is 1. The van der Waals surface area contributed by atoms with Crippen molar-refractivity contribution in [3.05, 3.63) is 0 Å². The van der Waals surface area contributed by atoms with E-state index < -0.39 is 19.8 Å². The van der Waals surface area contributed by atoms with Crippen molar-refractivity contribution < 1.29 is 23.7 Å². The van der Waals surface area contributed by atoms with Gasteiger partial charge < -0.3 is 10.3 Å². The zero-order valence-electron chi connectivity index (χ0n) is 7.04. The molecule has 9 heteroatoms. The molecule has 0 aromatic heterocycles. The van der Waals surface area contributed by atoms with Gasteiger partial charge in [-0.2, -0.15) is 11.8 Å². The summed E-state index contributed by atoms with van der Waals surface area (Å²) in [6.45, 7) is 0. The van der Waals surface area contributed by atoms with Crippen LogP contribution in [0.5, 0.6) is 0 Å². The first-order chi connectivity index (χ1) is 5.87. The normalized spacial score (nSPS) is 12.9. The SMILES string of the molecule is CSCC[C@H](N)C(=O)OP(=O)(O)O.[CaH2]. The molecule has 4 N–H and O–H groups in total. The van der Waals surface area contributed by atoms with Crippen LogP contribution >= 0.6 is 19.6 Å². The van der Waals surface area contributed by atoms with Crippen LogP contribution in [0.15, 0.2) is 0 Å². The molecule has 0 aliphatic heterocycles. The summed E-state index contributed by atoms with van der Waals surface area (Å²) in [7, 11) is -4.74. The van der Waals surface area contributed by atoms with E-state index in [-0.39, 0.29) is 37.7 Å². The second kappa shape index (κ2) is 8.35. The zero-order chi connectivity index (χ0) is 10.5. The van der Waals surface area contributed by atoms with Crippen LogP contribution in [0.4, 0.5) is 0 Å². The number of thioether (sulfide) groups is 1. The van der Waals surface area contributed by atoms with Crippen LogP contribution in [0, 0.1) is 0 Å². The van der Waals surface area contributed by atoms with E-state index in [0.29, 0.717) is 12.2 Å². The minimum absolute atomic E-state index is 0. The average Bonchev–Trinajstić information content (AvgIpc) is 1.96. The fourth-order valence-electron chi connectivity index (χ4n) is 0.548. The maximum atomic E-state index is 10.8. The van der Waals surface area contributed by atoms with E-state index in [1.165, 1.54) is 11.8 Å². The molecule has 0 saturated carbocycles. The number of carbonyl (C=O) groups excluding carboxylic acids is 1. The van der Waals surface area contributed by atoms with Crippen molar-refractivity contribution >= 4 is 63.3 Å². The van der Waals surface area contributed by atoms with Crippen molar-refractivity contribution in [3.63, 3.8) is 0 Å². The average molecular weight is 271 g/mol. The molecule has 0 aromatic rings. The zero-order valence-corrected chi connectivity index (χ0v) is 8.75. The Bertz CT molecular complexity index is 222. The van der Waals surface area contributed by atoms with Crippen molar-refractivity contribution in [2.24, 2.45) is 5.73 Å². The molecule has 0 aromatic carbocycles. The Morgan fingerprint density at radius 2 is 2.14 bits per heavy atom. The van der Waals surface area contributed by atoms with Gasteiger partial charge in [0.2, 0.25) is 0 Å². The Labute approximate surface area is 116 Å². The van der Waals surface area contributed by atoms with E-state index >= 15 is 0 Å². The predicted octanol–water partition coefficient (Wildman–Crippen LogP) is -1.21. The maximum absolute atomic E-state index is 10.8. The fourth-order valence-corrected chi connectivity index (χ4v) is 1.41. The molecule has 0 aliphatic carbocycles. The summed E-state index contributed by atoms with van der Waals surface area (Å²) in [6, 6.07) is -0.972. The number of rotatable bonds is 5. The number of hydrogen-bond donors (Lipinski definition) is 3. The van der Waals surface area contributed by atoms with Gasteiger partial charge in [-0.1, -0.05) is 0 Å². The van der Waals surface area contributed by atoms with Crippen LogP contribution in [-0.2, 0) is 13.9 Å². The second-order valence-corrected chi connectivity index (χ2v) is 4.44. The van der Waals surface area contributed by atoms with Crippen LogP contribution in [0.1, 0.15) is 6.42 Å². The third-order valence-electron chi connectivity index (χ3n) is 1.14. The van der Waals surface area contributed by atoms with E-state index in [1.807, 2.05) is 6.26 Å². The van der Waals surface area contributed by atoms with E-state index in [4.69, 9.17) is 15.5 Å². The molecule has 0 spiro atoms. The van der Waals surface area contributed by atoms with Gasteiger partial charge in [-0.3, -0.25) is 9.79 Å². The standard InChI is InChI=1S/C5H12NO5PS.Ca.2H/c1-13-3-2-4(6)5(7)11-12(8,9)10;;;/h4H,2-3,6H2,1H3,(H2,8,9,10);;;/t4-;;;/m0.../s1. The molecule has 6 nitrogen and oxygen atoms in total. The van der Waals surface area contributed by atoms with Crippen LogP contribution < -0.4 is 5.73 Å². The van der Waals surface area contributed by atoms with Gasteiger partial charge in [-0.15, -0.1) is 0 Å². The number of carbonyl (C=O) groups is 1. The molecule has 1 atom stereocenters. The Morgan fingerprint density at radius 1 is 1.64 bits per heavy atom. The third-order valence-corrected chi connectivity index (χ3v) is 2.21. The third kappa shape index (κ3) is 9.73. The van der Waals surface area contributed by atoms with Crippen molar-refractivity contribution in [2.45, 2.75) is 12.5 Å². The Hall–Kier alpha value is 1.19. The van der Waals surface area contributed by atoms with Gasteiger partial charge in [-0.25, -0.2) is 9.36 Å². The van der Waals surface area contributed by atoms with Gasteiger partial charge in [0.15, 0.2) is 0 Å². The molecule has 82 valence electrons. The van der Waals surface area contributed by atoms with Gasteiger partial charge in [0.25, 0.3) is 0 Å². The van der Waals surface area contributed by atoms with Crippen molar-refractivity contribution in [1.29, 1.82) is 0 Å². The first-order valence-electron chi connectivity index (χ1n) is 3.40. The van der Waals surface area contributed by atoms with E-state index in [1.54, 1.807) is 0 Å². The van der Waals surface area contributed by atoms with Gasteiger partial charge in [-0.05, 0) is 18.4 Å². The monoisotopic (exact) mass is 271 g/mol. The summed E-state index contributed by atoms with van der Waals surface area (Å²) in [5.74, 6) is -0.431. The molecule has 0 saturated heterocycles. The van der Waals surface area contributed by atoms with Crippen LogP contribution in [0.25, 0.3) is 0 Å². The van der Waals surface area contributed by atoms with Crippen LogP contribution in [0.3, 0.4) is 0 Å². The van der Waals surface area contributed by atoms with Crippen LogP contribution in [0.2, 0.25) is 0 Å². The summed E-state index contributed by atoms with van der Waals surface area (Å²) in [4.78, 5) is 27.4. The predicted molar refractivity (Wildman–Crippen MR) is 57.7 cm³/mol. The van der Waals surface area contributed by atoms with Crippen molar-refractivity contribution in [3.8, 4) is 0 Å². The number of hydrogen-bond acceptors (Lipinski definition) is 5. The Balaban J connectivity index is 0. The van der Waals surface area contributed by atoms with E-state index in [9.17, 15) is 9.36 Å². The van der Waals surface area contributed by atoms with Crippen molar-refractivity contribution in [2.75, 3.05) is 12.0 Å². The van der Waals surface area contributed by atoms with Crippen LogP contribution in [-0.4, -0.2) is 71.5 Å². The minimum atomic E-state index is -4.74. The quantitative estimate of drug-likeness (QED) is 0.425. The summed E-state index contributed by atoms with van der Waals surface area (Å²) >= 11 is 1.48. The summed E-state index contributed by atoms with van der Waals surface area (Å²) in [5.41, 5.74) is 5.28. The number of phosphoric ester groups is 1. The molecule has 0 rings (SSSR count). The second-order valence-electron chi connectivity index (χ2n) is 2.29. The molecule has 0 aliphatic rings. The Kier molecular flexibility index (Phi) is 10.5. The molecule has 0 heterocycles. The fraction of sp³-hybridized carbons (Fsp3) is 0.800. The molecular formula is C5H14CaNO5PS. The summed E-state index contributed by atoms with van der Waals surface area (Å²) in [6.07, 6.45) is 2.17. The molecule has 14 heavy (non-hydrogen) atoms. The first kappa shape index (κ1) is 17.6. The first-order valence-corrected chi connectivity index (χ1v) is 6.32. The van der Waals surface area contributed by atoms with Gasteiger partial charge in [0.1, 0.15) is 6.04 Å². The topological polar surface area (TPSA) is 110 Å². The molecule has 0 radical (unpaired) electrons. The molecule has 0 fully saturated rings. The van der Waals surface area contributed by atoms with Gasteiger partial charge in [0.05, 0.1) is 0 Å². The molecule has 0 amide bonds. The van der Waals surface area contributed by atoms with E-state index in [2.05, 4.69) is 4.52 Å².